The van der Waals surface area contributed by atoms with Crippen LogP contribution < -0.4 is 5.32 Å². The van der Waals surface area contributed by atoms with Crippen molar-refractivity contribution in [2.45, 2.75) is 33.2 Å². The molecule has 0 fully saturated rings. The quantitative estimate of drug-likeness (QED) is 0.618. The van der Waals surface area contributed by atoms with Crippen molar-refractivity contribution in [1.82, 2.24) is 5.32 Å². The molecule has 0 aromatic carbocycles. The van der Waals surface area contributed by atoms with Crippen LogP contribution in [-0.4, -0.2) is 27.9 Å². The summed E-state index contributed by atoms with van der Waals surface area (Å²) in [5, 5.41) is 22.2. The van der Waals surface area contributed by atoms with Gasteiger partial charge >= 0.3 is 5.97 Å². The molecule has 0 aliphatic heterocycles. The second-order valence-corrected chi connectivity index (χ2v) is 5.74. The number of nitro groups is 1. The molecule has 0 aliphatic rings. The van der Waals surface area contributed by atoms with Gasteiger partial charge in [0.25, 0.3) is 11.6 Å². The molecule has 0 bridgehead atoms. The number of carboxylic acids is 1. The fourth-order valence-corrected chi connectivity index (χ4v) is 2.55. The molecule has 2 N–H and O–H groups in total. The number of amides is 1. The van der Waals surface area contributed by atoms with Crippen molar-refractivity contribution in [3.8, 4) is 0 Å². The van der Waals surface area contributed by atoms with Gasteiger partial charge in [-0.25, -0.2) is 4.79 Å². The molecule has 0 aliphatic carbocycles. The summed E-state index contributed by atoms with van der Waals surface area (Å²) in [5.74, 6) is -1.94. The highest BCUT2D eigenvalue weighted by molar-refractivity contribution is 7.14. The summed E-state index contributed by atoms with van der Waals surface area (Å²) in [4.78, 5) is 33.8. The van der Waals surface area contributed by atoms with E-state index in [-0.39, 0.29) is 16.5 Å². The molecule has 1 rings (SSSR count). The maximum atomic E-state index is 12.0. The fourth-order valence-electron chi connectivity index (χ4n) is 1.66. The Hall–Kier alpha value is -1.96. The SMILES string of the molecule is CC[C@H](C)[C@H](NC(=O)c1cc([N+](=O)[O-])c(C)s1)C(=O)O. The van der Waals surface area contributed by atoms with Crippen LogP contribution in [0.25, 0.3) is 0 Å². The summed E-state index contributed by atoms with van der Waals surface area (Å²) >= 11 is 0.977. The van der Waals surface area contributed by atoms with Crippen molar-refractivity contribution in [3.63, 3.8) is 0 Å². The zero-order valence-corrected chi connectivity index (χ0v) is 12.2. The first-order chi connectivity index (χ1) is 9.27. The Morgan fingerprint density at radius 1 is 1.55 bits per heavy atom. The van der Waals surface area contributed by atoms with Crippen molar-refractivity contribution in [1.29, 1.82) is 0 Å². The Kier molecular flexibility index (Phi) is 5.20. The number of aryl methyl sites for hydroxylation is 1. The molecular weight excluding hydrogens is 284 g/mol. The number of carbonyl (C=O) groups excluding carboxylic acids is 1. The van der Waals surface area contributed by atoms with E-state index in [1.165, 1.54) is 6.07 Å². The predicted octanol–water partition coefficient (Wildman–Crippen LogP) is 2.19. The Labute approximate surface area is 119 Å². The second kappa shape index (κ2) is 6.47. The summed E-state index contributed by atoms with van der Waals surface area (Å²) in [6.45, 7) is 5.09. The van der Waals surface area contributed by atoms with Gasteiger partial charge in [-0.3, -0.25) is 14.9 Å². The molecule has 8 heteroatoms. The number of hydrogen-bond acceptors (Lipinski definition) is 5. The smallest absolute Gasteiger partial charge is 0.326 e. The van der Waals surface area contributed by atoms with Crippen molar-refractivity contribution < 1.29 is 19.6 Å². The number of nitrogens with one attached hydrogen (secondary N) is 1. The minimum atomic E-state index is -1.12. The normalized spacial score (nSPS) is 13.6. The topological polar surface area (TPSA) is 110 Å². The monoisotopic (exact) mass is 300 g/mol. The maximum Gasteiger partial charge on any atom is 0.326 e. The number of thiophene rings is 1. The van der Waals surface area contributed by atoms with Gasteiger partial charge in [-0.1, -0.05) is 20.3 Å². The third-order valence-electron chi connectivity index (χ3n) is 3.08. The molecule has 0 spiro atoms. The van der Waals surface area contributed by atoms with Crippen molar-refractivity contribution in [2.75, 3.05) is 0 Å². The van der Waals surface area contributed by atoms with Crippen LogP contribution in [0.3, 0.4) is 0 Å². The zero-order chi connectivity index (χ0) is 15.4. The Morgan fingerprint density at radius 2 is 2.15 bits per heavy atom. The van der Waals surface area contributed by atoms with Crippen LogP contribution in [-0.2, 0) is 4.79 Å². The minimum absolute atomic E-state index is 0.129. The van der Waals surface area contributed by atoms with Gasteiger partial charge in [0, 0.05) is 6.07 Å². The van der Waals surface area contributed by atoms with Gasteiger partial charge in [0.05, 0.1) is 14.7 Å². The van der Waals surface area contributed by atoms with Crippen LogP contribution >= 0.6 is 11.3 Å². The lowest BCUT2D eigenvalue weighted by Gasteiger charge is -2.19. The van der Waals surface area contributed by atoms with E-state index in [0.29, 0.717) is 11.3 Å². The van der Waals surface area contributed by atoms with E-state index in [0.717, 1.165) is 11.3 Å². The van der Waals surface area contributed by atoms with E-state index in [9.17, 15) is 19.7 Å². The lowest BCUT2D eigenvalue weighted by atomic mass is 9.99. The van der Waals surface area contributed by atoms with Crippen LogP contribution in [0.4, 0.5) is 5.69 Å². The second-order valence-electron chi connectivity index (χ2n) is 4.48. The Bertz CT molecular complexity index is 540. The highest BCUT2D eigenvalue weighted by Crippen LogP contribution is 2.28. The van der Waals surface area contributed by atoms with Crippen LogP contribution in [0.2, 0.25) is 0 Å². The van der Waals surface area contributed by atoms with Gasteiger partial charge in [-0.2, -0.15) is 0 Å². The van der Waals surface area contributed by atoms with Gasteiger partial charge < -0.3 is 10.4 Å². The molecule has 0 radical (unpaired) electrons. The van der Waals surface area contributed by atoms with E-state index < -0.39 is 22.8 Å². The molecule has 1 amide bonds. The first-order valence-electron chi connectivity index (χ1n) is 6.06. The molecule has 7 nitrogen and oxygen atoms in total. The van der Waals surface area contributed by atoms with Gasteiger partial charge in [0.2, 0.25) is 0 Å². The van der Waals surface area contributed by atoms with E-state index >= 15 is 0 Å². The third-order valence-corrected chi connectivity index (χ3v) is 4.12. The molecule has 2 atom stereocenters. The number of rotatable bonds is 6. The minimum Gasteiger partial charge on any atom is -0.480 e. The van der Waals surface area contributed by atoms with Crippen LogP contribution in [0.5, 0.6) is 0 Å². The summed E-state index contributed by atoms with van der Waals surface area (Å²) in [5.41, 5.74) is -0.129. The lowest BCUT2D eigenvalue weighted by Crippen LogP contribution is -2.44. The summed E-state index contributed by atoms with van der Waals surface area (Å²) < 4.78 is 0. The van der Waals surface area contributed by atoms with Gasteiger partial charge in [0.15, 0.2) is 0 Å². The van der Waals surface area contributed by atoms with Gasteiger partial charge in [-0.15, -0.1) is 11.3 Å². The van der Waals surface area contributed by atoms with Crippen LogP contribution in [0.15, 0.2) is 6.07 Å². The van der Waals surface area contributed by atoms with E-state index in [1.54, 1.807) is 13.8 Å². The average Bonchev–Trinajstić information content (AvgIpc) is 2.76. The first kappa shape index (κ1) is 16.1. The molecule has 1 aromatic rings. The van der Waals surface area contributed by atoms with Gasteiger partial charge in [-0.05, 0) is 12.8 Å². The predicted molar refractivity (Wildman–Crippen MR) is 74.1 cm³/mol. The molecule has 0 unspecified atom stereocenters. The Morgan fingerprint density at radius 3 is 2.55 bits per heavy atom. The molecule has 0 saturated heterocycles. The molecule has 20 heavy (non-hydrogen) atoms. The Balaban J connectivity index is 2.92. The summed E-state index contributed by atoms with van der Waals surface area (Å²) in [7, 11) is 0. The van der Waals surface area contributed by atoms with Crippen molar-refractivity contribution in [3.05, 3.63) is 25.9 Å². The number of hydrogen-bond donors (Lipinski definition) is 2. The number of carbonyl (C=O) groups is 2. The molecule has 0 saturated carbocycles. The van der Waals surface area contributed by atoms with Gasteiger partial charge in [0.1, 0.15) is 6.04 Å². The van der Waals surface area contributed by atoms with E-state index in [4.69, 9.17) is 5.11 Å². The number of nitrogens with zero attached hydrogens (tertiary/aromatic N) is 1. The molecule has 1 aromatic heterocycles. The first-order valence-corrected chi connectivity index (χ1v) is 6.88. The molecule has 110 valence electrons. The number of carboxylic acid groups (broad SMARTS) is 1. The van der Waals surface area contributed by atoms with E-state index in [2.05, 4.69) is 5.32 Å². The van der Waals surface area contributed by atoms with Crippen molar-refractivity contribution >= 4 is 28.9 Å². The molecular formula is C12H16N2O5S. The van der Waals surface area contributed by atoms with Crippen LogP contribution in [0, 0.1) is 23.0 Å². The standard InChI is InChI=1S/C12H16N2O5S/c1-4-6(2)10(12(16)17)13-11(15)9-5-8(14(18)19)7(3)20-9/h5-6,10H,4H2,1-3H3,(H,13,15)(H,16,17)/t6-,10-/m0/s1. The van der Waals surface area contributed by atoms with Crippen LogP contribution in [0.1, 0.15) is 34.8 Å². The third kappa shape index (κ3) is 3.53. The summed E-state index contributed by atoms with van der Waals surface area (Å²) in [6.07, 6.45) is 0.598. The highest BCUT2D eigenvalue weighted by Gasteiger charge is 2.27. The summed E-state index contributed by atoms with van der Waals surface area (Å²) in [6, 6.07) is 0.166. The van der Waals surface area contributed by atoms with Crippen molar-refractivity contribution in [2.24, 2.45) is 5.92 Å². The lowest BCUT2D eigenvalue weighted by molar-refractivity contribution is -0.385. The van der Waals surface area contributed by atoms with E-state index in [1.807, 2.05) is 6.92 Å². The fraction of sp³-hybridized carbons (Fsp3) is 0.500. The largest absolute Gasteiger partial charge is 0.480 e. The zero-order valence-electron chi connectivity index (χ0n) is 11.4. The average molecular weight is 300 g/mol. The highest BCUT2D eigenvalue weighted by atomic mass is 32.1. The molecule has 1 heterocycles. The number of aliphatic carboxylic acids is 1. The maximum absolute atomic E-state index is 12.0.